The van der Waals surface area contributed by atoms with E-state index in [9.17, 15) is 8.42 Å². The van der Waals surface area contributed by atoms with Crippen LogP contribution in [-0.2, 0) is 10.0 Å². The molecule has 0 atom stereocenters. The van der Waals surface area contributed by atoms with Crippen molar-refractivity contribution in [2.75, 3.05) is 18.9 Å². The number of anilines is 1. The highest BCUT2D eigenvalue weighted by atomic mass is 32.2. The Hall–Kier alpha value is -1.14. The SMILES string of the molecule is CCCCCNS(=O)(=O)c1ccnc(NC)c1. The van der Waals surface area contributed by atoms with Gasteiger partial charge in [0.1, 0.15) is 5.82 Å². The van der Waals surface area contributed by atoms with Crippen LogP contribution in [0.25, 0.3) is 0 Å². The molecule has 0 aliphatic heterocycles. The number of hydrogen-bond donors (Lipinski definition) is 2. The van der Waals surface area contributed by atoms with E-state index in [4.69, 9.17) is 0 Å². The lowest BCUT2D eigenvalue weighted by atomic mass is 10.3. The summed E-state index contributed by atoms with van der Waals surface area (Å²) in [7, 11) is -1.70. The minimum Gasteiger partial charge on any atom is -0.373 e. The van der Waals surface area contributed by atoms with Crippen LogP contribution in [0.5, 0.6) is 0 Å². The number of nitrogens with one attached hydrogen (secondary N) is 2. The van der Waals surface area contributed by atoms with E-state index in [1.807, 2.05) is 0 Å². The Morgan fingerprint density at radius 1 is 1.35 bits per heavy atom. The molecule has 0 radical (unpaired) electrons. The van der Waals surface area contributed by atoms with E-state index < -0.39 is 10.0 Å². The largest absolute Gasteiger partial charge is 0.373 e. The first-order valence-corrected chi connectivity index (χ1v) is 7.22. The van der Waals surface area contributed by atoms with Crippen molar-refractivity contribution >= 4 is 15.8 Å². The molecule has 1 aromatic heterocycles. The van der Waals surface area contributed by atoms with E-state index in [-0.39, 0.29) is 4.90 Å². The van der Waals surface area contributed by atoms with Gasteiger partial charge >= 0.3 is 0 Å². The van der Waals surface area contributed by atoms with Crippen molar-refractivity contribution in [1.29, 1.82) is 0 Å². The predicted molar refractivity (Wildman–Crippen MR) is 68.5 cm³/mol. The summed E-state index contributed by atoms with van der Waals surface area (Å²) in [5, 5.41) is 2.81. The molecule has 0 aliphatic carbocycles. The van der Waals surface area contributed by atoms with Crippen LogP contribution in [-0.4, -0.2) is 27.0 Å². The molecule has 96 valence electrons. The monoisotopic (exact) mass is 257 g/mol. The smallest absolute Gasteiger partial charge is 0.240 e. The Morgan fingerprint density at radius 3 is 2.76 bits per heavy atom. The van der Waals surface area contributed by atoms with Gasteiger partial charge in [-0.15, -0.1) is 0 Å². The van der Waals surface area contributed by atoms with Gasteiger partial charge in [-0.2, -0.15) is 0 Å². The van der Waals surface area contributed by atoms with Crippen LogP contribution >= 0.6 is 0 Å². The topological polar surface area (TPSA) is 71.1 Å². The number of pyridine rings is 1. The highest BCUT2D eigenvalue weighted by molar-refractivity contribution is 7.89. The van der Waals surface area contributed by atoms with E-state index >= 15 is 0 Å². The van der Waals surface area contributed by atoms with Gasteiger partial charge in [0.2, 0.25) is 10.0 Å². The highest BCUT2D eigenvalue weighted by Crippen LogP contribution is 2.11. The molecule has 6 heteroatoms. The molecular weight excluding hydrogens is 238 g/mol. The summed E-state index contributed by atoms with van der Waals surface area (Å²) in [6.07, 6.45) is 4.44. The lowest BCUT2D eigenvalue weighted by Crippen LogP contribution is -2.24. The van der Waals surface area contributed by atoms with Crippen molar-refractivity contribution in [3.8, 4) is 0 Å². The first-order chi connectivity index (χ1) is 8.10. The third-order valence-corrected chi connectivity index (χ3v) is 3.83. The quantitative estimate of drug-likeness (QED) is 0.728. The second kappa shape index (κ2) is 6.56. The number of aromatic nitrogens is 1. The van der Waals surface area contributed by atoms with Gasteiger partial charge in [-0.05, 0) is 12.5 Å². The Morgan fingerprint density at radius 2 is 2.12 bits per heavy atom. The number of hydrogen-bond acceptors (Lipinski definition) is 4. The number of unbranched alkanes of at least 4 members (excludes halogenated alkanes) is 2. The first-order valence-electron chi connectivity index (χ1n) is 5.73. The summed E-state index contributed by atoms with van der Waals surface area (Å²) in [5.74, 6) is 0.543. The molecule has 0 aromatic carbocycles. The third-order valence-electron chi connectivity index (χ3n) is 2.37. The van der Waals surface area contributed by atoms with E-state index in [2.05, 4.69) is 21.9 Å². The summed E-state index contributed by atoms with van der Waals surface area (Å²) in [6, 6.07) is 3.01. The molecular formula is C11H19N3O2S. The summed E-state index contributed by atoms with van der Waals surface area (Å²) in [4.78, 5) is 4.22. The Kier molecular flexibility index (Phi) is 5.37. The average molecular weight is 257 g/mol. The van der Waals surface area contributed by atoms with Crippen LogP contribution in [0.4, 0.5) is 5.82 Å². The molecule has 2 N–H and O–H groups in total. The fraction of sp³-hybridized carbons (Fsp3) is 0.545. The van der Waals surface area contributed by atoms with Crippen LogP contribution in [0.1, 0.15) is 26.2 Å². The van der Waals surface area contributed by atoms with E-state index in [0.717, 1.165) is 19.3 Å². The maximum absolute atomic E-state index is 11.9. The minimum absolute atomic E-state index is 0.244. The maximum Gasteiger partial charge on any atom is 0.240 e. The van der Waals surface area contributed by atoms with Gasteiger partial charge in [0.15, 0.2) is 0 Å². The van der Waals surface area contributed by atoms with Crippen LogP contribution in [0.2, 0.25) is 0 Å². The van der Waals surface area contributed by atoms with Crippen LogP contribution < -0.4 is 10.0 Å². The molecule has 1 heterocycles. The van der Waals surface area contributed by atoms with Crippen molar-refractivity contribution in [3.05, 3.63) is 18.3 Å². The minimum atomic E-state index is -3.40. The van der Waals surface area contributed by atoms with Crippen molar-refractivity contribution in [3.63, 3.8) is 0 Å². The zero-order valence-corrected chi connectivity index (χ0v) is 11.0. The van der Waals surface area contributed by atoms with E-state index in [1.54, 1.807) is 7.05 Å². The normalized spacial score (nSPS) is 11.4. The molecule has 1 rings (SSSR count). The zero-order chi connectivity index (χ0) is 12.7. The molecule has 0 aliphatic rings. The molecule has 0 amide bonds. The van der Waals surface area contributed by atoms with Crippen LogP contribution in [0.3, 0.4) is 0 Å². The van der Waals surface area contributed by atoms with Gasteiger partial charge in [0.25, 0.3) is 0 Å². The van der Waals surface area contributed by atoms with Crippen molar-refractivity contribution in [2.24, 2.45) is 0 Å². The van der Waals surface area contributed by atoms with Gasteiger partial charge in [-0.25, -0.2) is 18.1 Å². The Balaban J connectivity index is 2.68. The van der Waals surface area contributed by atoms with Gasteiger partial charge in [-0.3, -0.25) is 0 Å². The van der Waals surface area contributed by atoms with Gasteiger partial charge in [-0.1, -0.05) is 19.8 Å². The number of sulfonamides is 1. The fourth-order valence-electron chi connectivity index (χ4n) is 1.38. The van der Waals surface area contributed by atoms with Crippen molar-refractivity contribution in [2.45, 2.75) is 31.1 Å². The Bertz CT molecular complexity index is 446. The van der Waals surface area contributed by atoms with E-state index in [0.29, 0.717) is 12.4 Å². The maximum atomic E-state index is 11.9. The average Bonchev–Trinajstić information content (AvgIpc) is 2.35. The highest BCUT2D eigenvalue weighted by Gasteiger charge is 2.13. The van der Waals surface area contributed by atoms with Crippen molar-refractivity contribution in [1.82, 2.24) is 9.71 Å². The molecule has 0 bridgehead atoms. The predicted octanol–water partition coefficient (Wildman–Crippen LogP) is 1.59. The second-order valence-corrected chi connectivity index (χ2v) is 5.50. The first kappa shape index (κ1) is 13.9. The standard InChI is InChI=1S/C11H19N3O2S/c1-3-4-5-7-14-17(15,16)10-6-8-13-11(9-10)12-2/h6,8-9,14H,3-5,7H2,1-2H3,(H,12,13). The molecule has 0 saturated carbocycles. The third kappa shape index (κ3) is 4.32. The molecule has 0 unspecified atom stereocenters. The summed E-state index contributed by atoms with van der Waals surface area (Å²) < 4.78 is 26.4. The van der Waals surface area contributed by atoms with Gasteiger partial charge in [0, 0.05) is 25.9 Å². The molecule has 0 spiro atoms. The number of rotatable bonds is 7. The van der Waals surface area contributed by atoms with Gasteiger partial charge in [0.05, 0.1) is 4.90 Å². The zero-order valence-electron chi connectivity index (χ0n) is 10.2. The summed E-state index contributed by atoms with van der Waals surface area (Å²) in [6.45, 7) is 2.56. The second-order valence-electron chi connectivity index (χ2n) is 3.73. The molecule has 0 saturated heterocycles. The van der Waals surface area contributed by atoms with Crippen LogP contribution in [0.15, 0.2) is 23.2 Å². The molecule has 1 aromatic rings. The fourth-order valence-corrected chi connectivity index (χ4v) is 2.47. The van der Waals surface area contributed by atoms with Crippen LogP contribution in [0, 0.1) is 0 Å². The lowest BCUT2D eigenvalue weighted by molar-refractivity contribution is 0.576. The van der Waals surface area contributed by atoms with E-state index in [1.165, 1.54) is 18.3 Å². The molecule has 5 nitrogen and oxygen atoms in total. The lowest BCUT2D eigenvalue weighted by Gasteiger charge is -2.07. The molecule has 0 fully saturated rings. The molecule has 17 heavy (non-hydrogen) atoms. The summed E-state index contributed by atoms with van der Waals surface area (Å²) in [5.41, 5.74) is 0. The Labute approximate surface area is 103 Å². The number of nitrogens with zero attached hydrogens (tertiary/aromatic N) is 1. The summed E-state index contributed by atoms with van der Waals surface area (Å²) >= 11 is 0. The van der Waals surface area contributed by atoms with Crippen molar-refractivity contribution < 1.29 is 8.42 Å². The van der Waals surface area contributed by atoms with Gasteiger partial charge < -0.3 is 5.32 Å².